The molecule has 0 spiro atoms. The molecule has 2 unspecified atom stereocenters. The lowest BCUT2D eigenvalue weighted by atomic mass is 9.89. The molecule has 11 heteroatoms. The number of hydrogen-bond acceptors (Lipinski definition) is 7. The first-order chi connectivity index (χ1) is 33.1. The summed E-state index contributed by atoms with van der Waals surface area (Å²) < 4.78 is 66.0. The molecule has 1 aromatic heterocycles. The molecule has 8 nitrogen and oxygen atoms in total. The van der Waals surface area contributed by atoms with Gasteiger partial charge in [-0.15, -0.1) is 0 Å². The van der Waals surface area contributed by atoms with E-state index in [9.17, 15) is 0 Å². The molecule has 0 bridgehead atoms. The normalized spacial score (nSPS) is 16.1. The van der Waals surface area contributed by atoms with Gasteiger partial charge in [0.15, 0.2) is 11.5 Å². The van der Waals surface area contributed by atoms with E-state index in [2.05, 4.69) is 151 Å². The molecule has 0 aliphatic carbocycles. The third-order valence-electron chi connectivity index (χ3n) is 14.1. The van der Waals surface area contributed by atoms with Gasteiger partial charge >= 0.3 is 0 Å². The van der Waals surface area contributed by atoms with Crippen LogP contribution in [-0.4, -0.2) is 42.4 Å². The molecule has 8 aromatic rings. The number of benzene rings is 7. The van der Waals surface area contributed by atoms with Gasteiger partial charge in [0.05, 0.1) is 22.9 Å². The van der Waals surface area contributed by atoms with Crippen LogP contribution in [0.25, 0.3) is 10.9 Å². The second-order valence-corrected chi connectivity index (χ2v) is 30.7. The molecule has 0 amide bonds. The summed E-state index contributed by atoms with van der Waals surface area (Å²) in [5.74, 6) is 1.59. The molecule has 7 aromatic carbocycles. The number of ether oxygens (including phenoxy) is 3. The predicted molar refractivity (Wildman–Crippen MR) is 280 cm³/mol. The Kier molecular flexibility index (Phi) is 12.1. The highest BCUT2D eigenvalue weighted by molar-refractivity contribution is 7.90. The summed E-state index contributed by atoms with van der Waals surface area (Å²) in [7, 11) is -10.3. The summed E-state index contributed by atoms with van der Waals surface area (Å²) in [6.45, 7) is 16.1. The maximum absolute atomic E-state index is 15.1. The van der Waals surface area contributed by atoms with Gasteiger partial charge in [0.25, 0.3) is 26.7 Å². The third-order valence-corrected chi connectivity index (χ3v) is 25.7. The molecular weight excluding hydrogens is 911 g/mol. The van der Waals surface area contributed by atoms with Gasteiger partial charge in [-0.25, -0.2) is 12.4 Å². The topological polar surface area (TPSA) is 85.2 Å². The molecule has 0 fully saturated rings. The van der Waals surface area contributed by atoms with E-state index in [1.165, 1.54) is 3.97 Å². The number of fused-ring (bicyclic) bond motifs is 4. The van der Waals surface area contributed by atoms with Crippen molar-refractivity contribution >= 4 is 58.3 Å². The van der Waals surface area contributed by atoms with E-state index in [4.69, 9.17) is 23.1 Å². The summed E-state index contributed by atoms with van der Waals surface area (Å²) in [6, 6.07) is 59.2. The average Bonchev–Trinajstić information content (AvgIpc) is 4.08. The fourth-order valence-electron chi connectivity index (χ4n) is 10.8. The van der Waals surface area contributed by atoms with E-state index >= 15 is 8.42 Å². The minimum Gasteiger partial charge on any atom is -0.485 e. The van der Waals surface area contributed by atoms with Gasteiger partial charge in [-0.05, 0) is 79.7 Å². The minimum atomic E-state index is -4.11. The summed E-state index contributed by atoms with van der Waals surface area (Å²) >= 11 is 0. The van der Waals surface area contributed by atoms with E-state index in [1.807, 2.05) is 61.5 Å². The Bertz CT molecular complexity index is 3140. The van der Waals surface area contributed by atoms with Crippen molar-refractivity contribution in [1.82, 2.24) is 3.97 Å². The maximum atomic E-state index is 15.1. The molecule has 2 aliphatic rings. The second kappa shape index (κ2) is 17.9. The highest BCUT2D eigenvalue weighted by atomic mass is 32.2. The lowest BCUT2D eigenvalue weighted by Gasteiger charge is -2.43. The Morgan fingerprint density at radius 3 is 1.61 bits per heavy atom. The molecule has 352 valence electrons. The van der Waals surface area contributed by atoms with Crippen molar-refractivity contribution in [3.8, 4) is 17.2 Å². The predicted octanol–water partition coefficient (Wildman–Crippen LogP) is 10.8. The number of aromatic nitrogens is 1. The molecule has 2 atom stereocenters. The van der Waals surface area contributed by atoms with E-state index < -0.39 is 38.7 Å². The largest absolute Gasteiger partial charge is 0.485 e. The zero-order valence-electron chi connectivity index (χ0n) is 40.3. The molecule has 0 saturated heterocycles. The monoisotopic (exact) mass is 969 g/mol. The third kappa shape index (κ3) is 8.03. The van der Waals surface area contributed by atoms with Crippen molar-refractivity contribution in [3.05, 3.63) is 204 Å². The van der Waals surface area contributed by atoms with Gasteiger partial charge in [0, 0.05) is 29.3 Å². The van der Waals surface area contributed by atoms with Gasteiger partial charge < -0.3 is 23.1 Å². The second-order valence-electron chi connectivity index (χ2n) is 20.3. The summed E-state index contributed by atoms with van der Waals surface area (Å²) in [5.41, 5.74) is 4.04. The maximum Gasteiger partial charge on any atom is 0.268 e. The number of nitrogens with zero attached hydrogens (tertiary/aromatic N) is 1. The fourth-order valence-corrected chi connectivity index (χ4v) is 21.3. The summed E-state index contributed by atoms with van der Waals surface area (Å²) in [5, 5.41) is 4.73. The molecule has 0 saturated carbocycles. The van der Waals surface area contributed by atoms with E-state index in [1.54, 1.807) is 18.3 Å². The first-order valence-electron chi connectivity index (χ1n) is 23.7. The van der Waals surface area contributed by atoms with Crippen molar-refractivity contribution in [2.45, 2.75) is 82.1 Å². The fraction of sp³-hybridized carbons (Fsp3) is 0.241. The number of rotatable bonds is 13. The van der Waals surface area contributed by atoms with Gasteiger partial charge in [-0.1, -0.05) is 187 Å². The van der Waals surface area contributed by atoms with Crippen LogP contribution >= 0.6 is 0 Å². The molecule has 0 N–H and O–H groups in total. The number of hydrogen-bond donors (Lipinski definition) is 0. The Hall–Kier alpha value is -6.22. The van der Waals surface area contributed by atoms with Crippen LogP contribution in [0, 0.1) is 6.92 Å². The first-order valence-corrected chi connectivity index (χ1v) is 28.9. The molecule has 10 rings (SSSR count). The van der Waals surface area contributed by atoms with Crippen molar-refractivity contribution in [2.75, 3.05) is 13.4 Å². The van der Waals surface area contributed by atoms with E-state index in [0.717, 1.165) is 48.4 Å². The average molecular weight is 970 g/mol. The van der Waals surface area contributed by atoms with Crippen LogP contribution in [0.2, 0.25) is 10.1 Å². The SMILES string of the molecule is Cc1ccc(S(=O)(=O)n2cc(CO[Si](c3ccccc3)(c3ccccc3)C(C)(C)C)c3c4c(ccc32)OC(c2ccc3c(c2)OCO3)C4CO[Si](c2ccccc2)(c2ccccc2)C(C)(C)C)cc1. The molecule has 2 aliphatic heterocycles. The summed E-state index contributed by atoms with van der Waals surface area (Å²) in [6.07, 6.45) is 1.26. The van der Waals surface area contributed by atoms with Gasteiger partial charge in [-0.3, -0.25) is 0 Å². The van der Waals surface area contributed by atoms with Crippen molar-refractivity contribution < 1.29 is 31.5 Å². The highest BCUT2D eigenvalue weighted by Gasteiger charge is 2.53. The smallest absolute Gasteiger partial charge is 0.268 e. The van der Waals surface area contributed by atoms with E-state index in [-0.39, 0.29) is 35.0 Å². The number of aryl methyl sites for hydroxylation is 1. The minimum absolute atomic E-state index is 0.133. The van der Waals surface area contributed by atoms with Crippen LogP contribution in [0.15, 0.2) is 187 Å². The Balaban J connectivity index is 1.20. The standard InChI is InChI=1S/C58H59NO7SSi2/c1-41-28-31-44(32-29-41)67(60,61)59-37-43(38-64-68(57(2,3)4,45-20-12-8-13-21-45)46-22-14-9-15-23-46)54-50(59)33-35-52-55(54)49(56(66-52)42-30-34-51-53(36-42)63-40-62-51)39-65-69(58(5,6)7,47-24-16-10-17-25-47)48-26-18-11-19-27-48/h8-37,49,56H,38-40H2,1-7H3. The lowest BCUT2D eigenvalue weighted by molar-refractivity contribution is 0.163. The van der Waals surface area contributed by atoms with Gasteiger partial charge in [-0.2, -0.15) is 0 Å². The van der Waals surface area contributed by atoms with Crippen LogP contribution < -0.4 is 35.0 Å². The summed E-state index contributed by atoms with van der Waals surface area (Å²) in [4.78, 5) is 0.200. The Morgan fingerprint density at radius 2 is 1.09 bits per heavy atom. The van der Waals surface area contributed by atoms with Gasteiger partial charge in [0.1, 0.15) is 11.9 Å². The molecular formula is C58H59NO7SSi2. The van der Waals surface area contributed by atoms with Crippen LogP contribution in [0.5, 0.6) is 17.2 Å². The zero-order chi connectivity index (χ0) is 48.2. The van der Waals surface area contributed by atoms with Crippen LogP contribution in [0.4, 0.5) is 0 Å². The van der Waals surface area contributed by atoms with Crippen LogP contribution in [-0.2, 0) is 25.5 Å². The Morgan fingerprint density at radius 1 is 0.594 bits per heavy atom. The van der Waals surface area contributed by atoms with E-state index in [0.29, 0.717) is 22.8 Å². The van der Waals surface area contributed by atoms with Crippen LogP contribution in [0.3, 0.4) is 0 Å². The van der Waals surface area contributed by atoms with Crippen molar-refractivity contribution in [2.24, 2.45) is 0 Å². The molecule has 69 heavy (non-hydrogen) atoms. The first kappa shape index (κ1) is 46.5. The molecule has 0 radical (unpaired) electrons. The van der Waals surface area contributed by atoms with Crippen LogP contribution in [0.1, 0.15) is 75.8 Å². The lowest BCUT2D eigenvalue weighted by Crippen LogP contribution is -2.66. The quantitative estimate of drug-likeness (QED) is 0.106. The van der Waals surface area contributed by atoms with Crippen molar-refractivity contribution in [3.63, 3.8) is 0 Å². The Labute approximate surface area is 408 Å². The van der Waals surface area contributed by atoms with Gasteiger partial charge in [0.2, 0.25) is 6.79 Å². The molecule has 3 heterocycles. The van der Waals surface area contributed by atoms with Crippen molar-refractivity contribution in [1.29, 1.82) is 0 Å². The highest BCUT2D eigenvalue weighted by Crippen LogP contribution is 2.53. The zero-order valence-corrected chi connectivity index (χ0v) is 43.1.